The lowest BCUT2D eigenvalue weighted by atomic mass is 10.6. The van der Waals surface area contributed by atoms with Crippen LogP contribution in [0.25, 0.3) is 0 Å². The van der Waals surface area contributed by atoms with E-state index < -0.39 is 0 Å². The quantitative estimate of drug-likeness (QED) is 0.521. The zero-order valence-electron chi connectivity index (χ0n) is 14.1. The Morgan fingerprint density at radius 3 is 1.10 bits per heavy atom. The fraction of sp³-hybridized carbons (Fsp3) is 0.882. The van der Waals surface area contributed by atoms with Crippen LogP contribution in [-0.2, 0) is 4.79 Å². The Bertz CT molecular complexity index is 184. The third-order valence-electron chi connectivity index (χ3n) is 1.36. The minimum atomic E-state index is -0.222. The molecule has 4 nitrogen and oxygen atoms in total. The summed E-state index contributed by atoms with van der Waals surface area (Å²) in [7, 11) is 3.08. The van der Waals surface area contributed by atoms with Crippen LogP contribution in [0.15, 0.2) is 0 Å². The first kappa shape index (κ1) is 42.7. The number of likely N-dealkylation sites (N-methyl/N-ethyl adjacent to an activating group) is 2. The van der Waals surface area contributed by atoms with Gasteiger partial charge in [-0.15, -0.1) is 0 Å². The van der Waals surface area contributed by atoms with Crippen LogP contribution in [0.5, 0.6) is 0 Å². The maximum absolute atomic E-state index is 10.7. The molecule has 0 aromatic carbocycles. The predicted molar refractivity (Wildman–Crippen MR) is 101 cm³/mol. The highest BCUT2D eigenvalue weighted by atomic mass is 16.2. The van der Waals surface area contributed by atoms with Crippen molar-refractivity contribution in [3.05, 3.63) is 0 Å². The number of imide groups is 1. The largest absolute Gasteiger partial charge is 0.326 e. The van der Waals surface area contributed by atoms with E-state index in [2.05, 4.69) is 13.8 Å². The molecular weight excluding hydrogens is 264 g/mol. The third kappa shape index (κ3) is 24.4. The van der Waals surface area contributed by atoms with Crippen LogP contribution in [0.1, 0.15) is 84.1 Å². The van der Waals surface area contributed by atoms with Gasteiger partial charge in [0, 0.05) is 14.1 Å². The summed E-state index contributed by atoms with van der Waals surface area (Å²) in [4.78, 5) is 23.9. The molecule has 136 valence electrons. The van der Waals surface area contributed by atoms with Crippen molar-refractivity contribution >= 4 is 11.9 Å². The number of hydrogen-bond acceptors (Lipinski definition) is 2. The molecule has 1 heterocycles. The van der Waals surface area contributed by atoms with Crippen molar-refractivity contribution in [2.45, 2.75) is 84.1 Å². The van der Waals surface area contributed by atoms with Gasteiger partial charge in [-0.05, 0) is 0 Å². The second kappa shape index (κ2) is 36.4. The van der Waals surface area contributed by atoms with E-state index in [9.17, 15) is 9.59 Å². The summed E-state index contributed by atoms with van der Waals surface area (Å²) < 4.78 is 0. The Morgan fingerprint density at radius 2 is 1.05 bits per heavy atom. The van der Waals surface area contributed by atoms with Crippen molar-refractivity contribution in [3.8, 4) is 0 Å². The van der Waals surface area contributed by atoms with Crippen LogP contribution in [0.2, 0.25) is 0 Å². The Labute approximate surface area is 136 Å². The van der Waals surface area contributed by atoms with Gasteiger partial charge in [-0.3, -0.25) is 9.69 Å². The summed E-state index contributed by atoms with van der Waals surface area (Å²) >= 11 is 0. The monoisotopic (exact) mass is 310 g/mol. The van der Waals surface area contributed by atoms with Crippen LogP contribution in [0.4, 0.5) is 4.79 Å². The van der Waals surface area contributed by atoms with Crippen LogP contribution in [0, 0.1) is 0 Å². The number of hydrogen-bond donors (Lipinski definition) is 0. The highest BCUT2D eigenvalue weighted by Crippen LogP contribution is 2.02. The summed E-state index contributed by atoms with van der Waals surface area (Å²) in [5.74, 6) is -0.137. The van der Waals surface area contributed by atoms with Crippen molar-refractivity contribution in [2.24, 2.45) is 0 Å². The smallest absolute Gasteiger partial charge is 0.318 e. The Hall–Kier alpha value is -1.06. The number of carbonyl (C=O) groups is 2. The lowest BCUT2D eigenvalue weighted by Gasteiger charge is -2.05. The molecule has 0 aromatic rings. The van der Waals surface area contributed by atoms with Gasteiger partial charge in [0.1, 0.15) is 6.54 Å². The molecule has 1 aliphatic rings. The van der Waals surface area contributed by atoms with E-state index in [1.807, 2.05) is 41.5 Å². The Kier molecular flexibility index (Phi) is 74.1. The number of urea groups is 1. The highest BCUT2D eigenvalue weighted by Gasteiger charge is 2.29. The van der Waals surface area contributed by atoms with Crippen molar-refractivity contribution in [3.63, 3.8) is 0 Å². The van der Waals surface area contributed by atoms with Crippen molar-refractivity contribution in [2.75, 3.05) is 20.6 Å². The third-order valence-corrected chi connectivity index (χ3v) is 1.36. The maximum Gasteiger partial charge on any atom is 0.326 e. The topological polar surface area (TPSA) is 40.6 Å². The van der Waals surface area contributed by atoms with Crippen LogP contribution in [-0.4, -0.2) is 42.4 Å². The molecule has 0 unspecified atom stereocenters. The molecule has 21 heavy (non-hydrogen) atoms. The molecule has 0 bridgehead atoms. The summed E-state index contributed by atoms with van der Waals surface area (Å²) in [6.45, 7) is 16.5. The molecule has 0 aliphatic carbocycles. The van der Waals surface area contributed by atoms with Gasteiger partial charge in [0.2, 0.25) is 5.91 Å². The van der Waals surface area contributed by atoms with E-state index in [4.69, 9.17) is 0 Å². The van der Waals surface area contributed by atoms with Gasteiger partial charge in [0.25, 0.3) is 0 Å². The molecule has 1 fully saturated rings. The summed E-state index contributed by atoms with van der Waals surface area (Å²) in [6.07, 6.45) is 1.25. The minimum Gasteiger partial charge on any atom is -0.318 e. The standard InChI is InChI=1S/C5H8N2O2.C3H8.3C2H6.3CH4/c1-6-3-4(8)7(2)5(6)9;1-3-2;3*1-2;;;/h3H2,1-2H3;3H2,1-2H3;3*1-2H3;3*1H4. The lowest BCUT2D eigenvalue weighted by molar-refractivity contribution is -0.124. The highest BCUT2D eigenvalue weighted by molar-refractivity contribution is 6.01. The first-order valence-corrected chi connectivity index (χ1v) is 7.06. The SMILES string of the molecule is C.C.C.CC.CC.CC.CCC.CN1CC(=O)N(C)C1=O. The normalized spacial score (nSPS) is 10.2. The predicted octanol–water partition coefficient (Wildman–Crippen LogP) is 5.91. The number of rotatable bonds is 0. The van der Waals surface area contributed by atoms with Gasteiger partial charge in [0.05, 0.1) is 0 Å². The van der Waals surface area contributed by atoms with Crippen molar-refractivity contribution in [1.82, 2.24) is 9.80 Å². The first-order chi connectivity index (χ1) is 8.54. The van der Waals surface area contributed by atoms with Gasteiger partial charge in [-0.2, -0.15) is 0 Å². The molecule has 0 aromatic heterocycles. The van der Waals surface area contributed by atoms with E-state index in [0.29, 0.717) is 0 Å². The summed E-state index contributed by atoms with van der Waals surface area (Å²) in [5.41, 5.74) is 0. The summed E-state index contributed by atoms with van der Waals surface area (Å²) in [5, 5.41) is 0. The van der Waals surface area contributed by atoms with E-state index in [1.54, 1.807) is 7.05 Å². The Morgan fingerprint density at radius 1 is 0.810 bits per heavy atom. The van der Waals surface area contributed by atoms with Crippen molar-refractivity contribution in [1.29, 1.82) is 0 Å². The van der Waals surface area contributed by atoms with Gasteiger partial charge in [-0.1, -0.05) is 84.1 Å². The van der Waals surface area contributed by atoms with Crippen molar-refractivity contribution < 1.29 is 9.59 Å². The number of nitrogens with zero attached hydrogens (tertiary/aromatic N) is 2. The van der Waals surface area contributed by atoms with Crippen LogP contribution < -0.4 is 0 Å². The summed E-state index contributed by atoms with van der Waals surface area (Å²) in [6, 6.07) is -0.222. The molecule has 4 heteroatoms. The number of amides is 3. The van der Waals surface area contributed by atoms with E-state index >= 15 is 0 Å². The average molecular weight is 311 g/mol. The molecule has 3 amide bonds. The van der Waals surface area contributed by atoms with E-state index in [-0.39, 0.29) is 40.8 Å². The molecule has 1 saturated heterocycles. The first-order valence-electron chi connectivity index (χ1n) is 7.06. The maximum atomic E-state index is 10.7. The van der Waals surface area contributed by atoms with Crippen LogP contribution >= 0.6 is 0 Å². The minimum absolute atomic E-state index is 0. The Balaban J connectivity index is -0.0000000285. The van der Waals surface area contributed by atoms with Crippen LogP contribution in [0.3, 0.4) is 0 Å². The molecule has 1 aliphatic heterocycles. The zero-order chi connectivity index (χ0) is 15.7. The average Bonchev–Trinajstić information content (AvgIpc) is 2.64. The second-order valence-electron chi connectivity index (χ2n) is 2.80. The fourth-order valence-electron chi connectivity index (χ4n) is 0.739. The molecule has 1 rings (SSSR count). The molecule has 0 N–H and O–H groups in total. The van der Waals surface area contributed by atoms with E-state index in [1.165, 1.54) is 18.4 Å². The molecule has 0 spiro atoms. The fourth-order valence-corrected chi connectivity index (χ4v) is 0.739. The van der Waals surface area contributed by atoms with Gasteiger partial charge in [0.15, 0.2) is 0 Å². The lowest BCUT2D eigenvalue weighted by Crippen LogP contribution is -2.27. The zero-order valence-corrected chi connectivity index (χ0v) is 14.1. The molecule has 0 atom stereocenters. The molecule has 0 radical (unpaired) electrons. The molecular formula is C17H46N2O2. The second-order valence-corrected chi connectivity index (χ2v) is 2.80. The molecule has 0 saturated carbocycles. The van der Waals surface area contributed by atoms with Gasteiger partial charge >= 0.3 is 6.03 Å². The van der Waals surface area contributed by atoms with Gasteiger partial charge < -0.3 is 4.90 Å². The number of carbonyl (C=O) groups excluding carboxylic acids is 2. The van der Waals surface area contributed by atoms with Gasteiger partial charge in [-0.25, -0.2) is 4.79 Å². The van der Waals surface area contributed by atoms with E-state index in [0.717, 1.165) is 4.90 Å².